The number of carbonyl (C=O) groups is 1. The van der Waals surface area contributed by atoms with Gasteiger partial charge in [-0.3, -0.25) is 14.7 Å². The second kappa shape index (κ2) is 10.3. The van der Waals surface area contributed by atoms with Crippen LogP contribution >= 0.6 is 23.5 Å². The predicted molar refractivity (Wildman–Crippen MR) is 124 cm³/mol. The fourth-order valence-electron chi connectivity index (χ4n) is 3.33. The van der Waals surface area contributed by atoms with Gasteiger partial charge in [0, 0.05) is 37.1 Å². The van der Waals surface area contributed by atoms with Crippen molar-refractivity contribution in [3.8, 4) is 18.1 Å². The van der Waals surface area contributed by atoms with Crippen LogP contribution in [0.3, 0.4) is 0 Å². The van der Waals surface area contributed by atoms with Crippen molar-refractivity contribution < 1.29 is 9.90 Å². The second-order valence-corrected chi connectivity index (χ2v) is 9.27. The van der Waals surface area contributed by atoms with E-state index in [2.05, 4.69) is 26.4 Å². The molecule has 0 aromatic heterocycles. The molecule has 3 rings (SSSR count). The highest BCUT2D eigenvalue weighted by Crippen LogP contribution is 2.36. The van der Waals surface area contributed by atoms with Crippen LogP contribution in [-0.4, -0.2) is 70.2 Å². The summed E-state index contributed by atoms with van der Waals surface area (Å²) in [7, 11) is 1.96. The number of carbonyl (C=O) groups excluding carboxylic acids is 1. The Morgan fingerprint density at radius 1 is 1.47 bits per heavy atom. The number of terminal acetylenes is 1. The minimum Gasteiger partial charge on any atom is -0.507 e. The molecular weight excluding hydrogens is 418 g/mol. The highest BCUT2D eigenvalue weighted by molar-refractivity contribution is 8.13. The zero-order chi connectivity index (χ0) is 21.6. The lowest BCUT2D eigenvalue weighted by Gasteiger charge is -2.23. The fraction of sp³-hybridized carbons (Fsp3) is 0.524. The third-order valence-electron chi connectivity index (χ3n) is 5.29. The number of hydrogen-bond acceptors (Lipinski definition) is 8. The van der Waals surface area contributed by atoms with Gasteiger partial charge in [-0.25, -0.2) is 0 Å². The average molecular weight is 446 g/mol. The first-order chi connectivity index (χ1) is 14.5. The maximum atomic E-state index is 12.6. The van der Waals surface area contributed by atoms with E-state index in [1.807, 2.05) is 25.4 Å². The second-order valence-electron chi connectivity index (χ2n) is 7.26. The number of amides is 1. The Bertz CT molecular complexity index is 861. The SMILES string of the molecule is C#CCCC1(CCNC(=O)[C@H]2CS[C@H](CN=C(SC)c3ccccc3O)N2C)N=N1. The van der Waals surface area contributed by atoms with Crippen LogP contribution in [0.25, 0.3) is 0 Å². The molecule has 9 heteroatoms. The molecule has 0 unspecified atom stereocenters. The Labute approximate surface area is 186 Å². The van der Waals surface area contributed by atoms with Gasteiger partial charge in [0.2, 0.25) is 5.91 Å². The molecule has 1 fully saturated rings. The fourth-order valence-corrected chi connectivity index (χ4v) is 5.28. The number of nitrogens with one attached hydrogen (secondary N) is 1. The van der Waals surface area contributed by atoms with Gasteiger partial charge in [-0.2, -0.15) is 10.2 Å². The van der Waals surface area contributed by atoms with E-state index in [0.717, 1.165) is 22.8 Å². The van der Waals surface area contributed by atoms with Crippen LogP contribution in [0.15, 0.2) is 39.5 Å². The molecule has 160 valence electrons. The summed E-state index contributed by atoms with van der Waals surface area (Å²) in [5.74, 6) is 3.59. The maximum Gasteiger partial charge on any atom is 0.238 e. The molecule has 7 nitrogen and oxygen atoms in total. The quantitative estimate of drug-likeness (QED) is 0.347. The van der Waals surface area contributed by atoms with Gasteiger partial charge in [0.15, 0.2) is 5.66 Å². The van der Waals surface area contributed by atoms with Gasteiger partial charge in [-0.15, -0.1) is 35.9 Å². The van der Waals surface area contributed by atoms with Crippen molar-refractivity contribution in [3.05, 3.63) is 29.8 Å². The molecule has 0 radical (unpaired) electrons. The lowest BCUT2D eigenvalue weighted by atomic mass is 10.0. The number of aliphatic imine (C=N–C) groups is 1. The van der Waals surface area contributed by atoms with Crippen LogP contribution in [0.5, 0.6) is 5.75 Å². The first-order valence-corrected chi connectivity index (χ1v) is 12.1. The van der Waals surface area contributed by atoms with Crippen molar-refractivity contribution >= 4 is 34.5 Å². The van der Waals surface area contributed by atoms with Crippen LogP contribution in [-0.2, 0) is 4.79 Å². The summed E-state index contributed by atoms with van der Waals surface area (Å²) in [5.41, 5.74) is 0.365. The van der Waals surface area contributed by atoms with E-state index in [1.54, 1.807) is 23.9 Å². The highest BCUT2D eigenvalue weighted by atomic mass is 32.2. The van der Waals surface area contributed by atoms with Crippen molar-refractivity contribution in [2.24, 2.45) is 15.2 Å². The van der Waals surface area contributed by atoms with Crippen molar-refractivity contribution in [2.75, 3.05) is 32.1 Å². The summed E-state index contributed by atoms with van der Waals surface area (Å²) in [6.07, 6.45) is 9.33. The monoisotopic (exact) mass is 445 g/mol. The number of para-hydroxylation sites is 1. The average Bonchev–Trinajstić information content (AvgIpc) is 3.42. The summed E-state index contributed by atoms with van der Waals surface area (Å²) in [6.45, 7) is 1.10. The zero-order valence-corrected chi connectivity index (χ0v) is 18.9. The number of hydrogen-bond donors (Lipinski definition) is 2. The molecule has 2 aliphatic heterocycles. The molecule has 2 heterocycles. The number of aromatic hydroxyl groups is 1. The van der Waals surface area contributed by atoms with E-state index in [0.29, 0.717) is 25.9 Å². The van der Waals surface area contributed by atoms with E-state index >= 15 is 0 Å². The van der Waals surface area contributed by atoms with Gasteiger partial charge >= 0.3 is 0 Å². The lowest BCUT2D eigenvalue weighted by Crippen LogP contribution is -2.46. The van der Waals surface area contributed by atoms with Crippen LogP contribution in [0.4, 0.5) is 0 Å². The molecule has 2 aliphatic rings. The van der Waals surface area contributed by atoms with Gasteiger partial charge in [-0.1, -0.05) is 12.1 Å². The van der Waals surface area contributed by atoms with Gasteiger partial charge in [0.05, 0.1) is 18.0 Å². The first-order valence-electron chi connectivity index (χ1n) is 9.85. The Hall–Kier alpha value is -2.02. The first kappa shape index (κ1) is 22.7. The molecule has 1 aromatic carbocycles. The predicted octanol–water partition coefficient (Wildman–Crippen LogP) is 2.96. The molecule has 0 saturated carbocycles. The largest absolute Gasteiger partial charge is 0.507 e. The van der Waals surface area contributed by atoms with E-state index in [-0.39, 0.29) is 28.7 Å². The van der Waals surface area contributed by atoms with Crippen LogP contribution in [0.1, 0.15) is 24.8 Å². The van der Waals surface area contributed by atoms with Crippen molar-refractivity contribution in [3.63, 3.8) is 0 Å². The Kier molecular flexibility index (Phi) is 7.81. The molecule has 0 aliphatic carbocycles. The van der Waals surface area contributed by atoms with Crippen molar-refractivity contribution in [1.82, 2.24) is 10.2 Å². The molecule has 2 N–H and O–H groups in total. The number of benzene rings is 1. The minimum atomic E-state index is -0.371. The number of rotatable bonds is 9. The molecule has 1 amide bonds. The zero-order valence-electron chi connectivity index (χ0n) is 17.2. The molecule has 1 saturated heterocycles. The number of nitrogens with zero attached hydrogens (tertiary/aromatic N) is 4. The Morgan fingerprint density at radius 3 is 2.90 bits per heavy atom. The number of likely N-dealkylation sites (N-methyl/N-ethyl adjacent to an activating group) is 1. The molecule has 1 aromatic rings. The van der Waals surface area contributed by atoms with E-state index < -0.39 is 0 Å². The summed E-state index contributed by atoms with van der Waals surface area (Å²) in [4.78, 5) is 19.4. The van der Waals surface area contributed by atoms with Crippen LogP contribution in [0, 0.1) is 12.3 Å². The third kappa shape index (κ3) is 5.56. The molecule has 0 bridgehead atoms. The lowest BCUT2D eigenvalue weighted by molar-refractivity contribution is -0.125. The molecule has 0 spiro atoms. The van der Waals surface area contributed by atoms with E-state index in [9.17, 15) is 9.90 Å². The summed E-state index contributed by atoms with van der Waals surface area (Å²) in [6, 6.07) is 7.02. The summed E-state index contributed by atoms with van der Waals surface area (Å²) < 4.78 is 0. The normalized spacial score (nSPS) is 22.6. The maximum absolute atomic E-state index is 12.6. The van der Waals surface area contributed by atoms with E-state index in [1.165, 1.54) is 11.8 Å². The number of phenolic OH excluding ortho intramolecular Hbond substituents is 1. The minimum absolute atomic E-state index is 0.0232. The van der Waals surface area contributed by atoms with E-state index in [4.69, 9.17) is 11.4 Å². The molecule has 2 atom stereocenters. The highest BCUT2D eigenvalue weighted by Gasteiger charge is 2.40. The van der Waals surface area contributed by atoms with Gasteiger partial charge in [0.1, 0.15) is 10.8 Å². The van der Waals surface area contributed by atoms with Gasteiger partial charge in [-0.05, 0) is 25.4 Å². The molecular formula is C21H27N5O2S2. The van der Waals surface area contributed by atoms with Crippen molar-refractivity contribution in [1.29, 1.82) is 0 Å². The summed E-state index contributed by atoms with van der Waals surface area (Å²) >= 11 is 3.23. The van der Waals surface area contributed by atoms with Crippen LogP contribution < -0.4 is 5.32 Å². The standard InChI is InChI=1S/C21H27N5O2S2/c1-4-5-10-21(24-25-21)11-12-22-19(28)16-14-30-18(26(16)2)13-23-20(29-3)15-8-6-7-9-17(15)27/h1,6-9,16,18,27H,5,10-14H2,2-3H3,(H,22,28)/t16-,18-/m1/s1. The number of thioether (sulfide) groups is 2. The Morgan fingerprint density at radius 2 is 2.23 bits per heavy atom. The van der Waals surface area contributed by atoms with Gasteiger partial charge in [0.25, 0.3) is 0 Å². The third-order valence-corrected chi connectivity index (χ3v) is 7.40. The molecule has 30 heavy (non-hydrogen) atoms. The Balaban J connectivity index is 1.49. The van der Waals surface area contributed by atoms with Crippen molar-refractivity contribution in [2.45, 2.75) is 36.3 Å². The summed E-state index contributed by atoms with van der Waals surface area (Å²) in [5, 5.41) is 22.2. The van der Waals surface area contributed by atoms with Crippen LogP contribution in [0.2, 0.25) is 0 Å². The number of phenols is 1. The van der Waals surface area contributed by atoms with Gasteiger partial charge < -0.3 is 10.4 Å². The topological polar surface area (TPSA) is 89.6 Å². The smallest absolute Gasteiger partial charge is 0.238 e.